The molecule has 1 aliphatic rings. The van der Waals surface area contributed by atoms with E-state index in [-0.39, 0.29) is 0 Å². The van der Waals surface area contributed by atoms with Gasteiger partial charge in [-0.05, 0) is 57.1 Å². The van der Waals surface area contributed by atoms with Crippen LogP contribution in [0.15, 0.2) is 24.3 Å². The minimum Gasteiger partial charge on any atom is -0.494 e. The molecular weight excluding hydrogens is 274 g/mol. The molecule has 22 heavy (non-hydrogen) atoms. The number of benzene rings is 1. The van der Waals surface area contributed by atoms with E-state index in [1.54, 1.807) is 12.1 Å². The molecule has 4 nitrogen and oxygen atoms in total. The Hall–Kier alpha value is -1.57. The van der Waals surface area contributed by atoms with Gasteiger partial charge in [-0.2, -0.15) is 5.26 Å². The summed E-state index contributed by atoms with van der Waals surface area (Å²) in [6.45, 7) is 10.1. The van der Waals surface area contributed by atoms with Crippen molar-refractivity contribution in [3.63, 3.8) is 0 Å². The molecular formula is C18H27N3O. The second-order valence-electron chi connectivity index (χ2n) is 5.88. The van der Waals surface area contributed by atoms with Gasteiger partial charge in [0.25, 0.3) is 0 Å². The number of hydrogen-bond donors (Lipinski definition) is 0. The maximum absolute atomic E-state index is 8.87. The summed E-state index contributed by atoms with van der Waals surface area (Å²) >= 11 is 0. The van der Waals surface area contributed by atoms with Gasteiger partial charge in [0, 0.05) is 19.6 Å². The van der Waals surface area contributed by atoms with Crippen LogP contribution in [-0.4, -0.2) is 55.7 Å². The third-order valence-corrected chi connectivity index (χ3v) is 4.07. The topological polar surface area (TPSA) is 39.5 Å². The van der Waals surface area contributed by atoms with Crippen molar-refractivity contribution >= 4 is 0 Å². The van der Waals surface area contributed by atoms with E-state index in [0.717, 1.165) is 18.7 Å². The third-order valence-electron chi connectivity index (χ3n) is 4.07. The van der Waals surface area contributed by atoms with E-state index < -0.39 is 0 Å². The normalized spacial score (nSPS) is 16.9. The Kier molecular flexibility index (Phi) is 7.21. The SMILES string of the molecule is CCCN1CCCN(CCCOc2cccc(C#N)c2)CC1. The van der Waals surface area contributed by atoms with Gasteiger partial charge < -0.3 is 14.5 Å². The lowest BCUT2D eigenvalue weighted by Gasteiger charge is -2.21. The highest BCUT2D eigenvalue weighted by Crippen LogP contribution is 2.13. The Labute approximate surface area is 134 Å². The Morgan fingerprint density at radius 2 is 1.91 bits per heavy atom. The predicted molar refractivity (Wildman–Crippen MR) is 89.1 cm³/mol. The van der Waals surface area contributed by atoms with Gasteiger partial charge >= 0.3 is 0 Å². The van der Waals surface area contributed by atoms with Gasteiger partial charge in [-0.3, -0.25) is 0 Å². The number of ether oxygens (including phenoxy) is 1. The molecule has 2 rings (SSSR count). The van der Waals surface area contributed by atoms with Gasteiger partial charge in [-0.1, -0.05) is 13.0 Å². The molecule has 0 spiro atoms. The van der Waals surface area contributed by atoms with E-state index in [9.17, 15) is 0 Å². The van der Waals surface area contributed by atoms with Crippen molar-refractivity contribution in [1.82, 2.24) is 9.80 Å². The van der Waals surface area contributed by atoms with Crippen LogP contribution in [0.25, 0.3) is 0 Å². The summed E-state index contributed by atoms with van der Waals surface area (Å²) in [7, 11) is 0. The molecule has 0 unspecified atom stereocenters. The number of hydrogen-bond acceptors (Lipinski definition) is 4. The fourth-order valence-corrected chi connectivity index (χ4v) is 2.92. The summed E-state index contributed by atoms with van der Waals surface area (Å²) in [5, 5.41) is 8.87. The van der Waals surface area contributed by atoms with Crippen molar-refractivity contribution in [2.45, 2.75) is 26.2 Å². The van der Waals surface area contributed by atoms with Crippen LogP contribution in [0.1, 0.15) is 31.7 Å². The summed E-state index contributed by atoms with van der Waals surface area (Å²) in [4.78, 5) is 5.12. The van der Waals surface area contributed by atoms with Crippen molar-refractivity contribution in [2.75, 3.05) is 45.9 Å². The van der Waals surface area contributed by atoms with E-state index >= 15 is 0 Å². The highest BCUT2D eigenvalue weighted by atomic mass is 16.5. The van der Waals surface area contributed by atoms with Gasteiger partial charge in [0.1, 0.15) is 5.75 Å². The van der Waals surface area contributed by atoms with E-state index in [0.29, 0.717) is 12.2 Å². The molecule has 0 aliphatic carbocycles. The highest BCUT2D eigenvalue weighted by molar-refractivity contribution is 5.36. The van der Waals surface area contributed by atoms with E-state index in [1.807, 2.05) is 12.1 Å². The molecule has 0 aromatic heterocycles. The first kappa shape index (κ1) is 16.8. The van der Waals surface area contributed by atoms with Crippen LogP contribution >= 0.6 is 0 Å². The molecule has 1 heterocycles. The summed E-state index contributed by atoms with van der Waals surface area (Å²) in [5.74, 6) is 0.795. The maximum atomic E-state index is 8.87. The van der Waals surface area contributed by atoms with Gasteiger partial charge in [0.05, 0.1) is 18.2 Å². The second-order valence-corrected chi connectivity index (χ2v) is 5.88. The monoisotopic (exact) mass is 301 g/mol. The zero-order valence-corrected chi connectivity index (χ0v) is 13.6. The molecule has 1 aromatic carbocycles. The first-order chi connectivity index (χ1) is 10.8. The Balaban J connectivity index is 1.65. The molecule has 0 N–H and O–H groups in total. The average molecular weight is 301 g/mol. The lowest BCUT2D eigenvalue weighted by Crippen LogP contribution is -2.32. The van der Waals surface area contributed by atoms with Crippen LogP contribution in [0.3, 0.4) is 0 Å². The Bertz CT molecular complexity index is 483. The second kappa shape index (κ2) is 9.45. The van der Waals surface area contributed by atoms with Gasteiger partial charge in [-0.25, -0.2) is 0 Å². The van der Waals surface area contributed by atoms with Crippen molar-refractivity contribution in [2.24, 2.45) is 0 Å². The lowest BCUT2D eigenvalue weighted by molar-refractivity contribution is 0.231. The number of rotatable bonds is 7. The molecule has 1 aliphatic heterocycles. The van der Waals surface area contributed by atoms with Crippen LogP contribution in [-0.2, 0) is 0 Å². The van der Waals surface area contributed by atoms with E-state index in [2.05, 4.69) is 22.8 Å². The smallest absolute Gasteiger partial charge is 0.120 e. The van der Waals surface area contributed by atoms with Crippen LogP contribution in [0.2, 0.25) is 0 Å². The van der Waals surface area contributed by atoms with Crippen molar-refractivity contribution in [3.05, 3.63) is 29.8 Å². The first-order valence-electron chi connectivity index (χ1n) is 8.39. The largest absolute Gasteiger partial charge is 0.494 e. The molecule has 0 atom stereocenters. The predicted octanol–water partition coefficient (Wildman–Crippen LogP) is 2.74. The van der Waals surface area contributed by atoms with Crippen LogP contribution in [0, 0.1) is 11.3 Å². The van der Waals surface area contributed by atoms with Crippen LogP contribution in [0.4, 0.5) is 0 Å². The van der Waals surface area contributed by atoms with Gasteiger partial charge in [0.2, 0.25) is 0 Å². The zero-order valence-electron chi connectivity index (χ0n) is 13.6. The highest BCUT2D eigenvalue weighted by Gasteiger charge is 2.13. The Morgan fingerprint density at radius 3 is 2.64 bits per heavy atom. The fourth-order valence-electron chi connectivity index (χ4n) is 2.92. The van der Waals surface area contributed by atoms with Gasteiger partial charge in [0.15, 0.2) is 0 Å². The Morgan fingerprint density at radius 1 is 1.14 bits per heavy atom. The maximum Gasteiger partial charge on any atom is 0.120 e. The van der Waals surface area contributed by atoms with Crippen LogP contribution < -0.4 is 4.74 Å². The summed E-state index contributed by atoms with van der Waals surface area (Å²) in [5.41, 5.74) is 0.654. The molecule has 1 saturated heterocycles. The van der Waals surface area contributed by atoms with Crippen molar-refractivity contribution in [3.8, 4) is 11.8 Å². The lowest BCUT2D eigenvalue weighted by atomic mass is 10.2. The average Bonchev–Trinajstić information content (AvgIpc) is 2.78. The summed E-state index contributed by atoms with van der Waals surface area (Å²) in [6, 6.07) is 9.51. The number of nitriles is 1. The van der Waals surface area contributed by atoms with Crippen LogP contribution in [0.5, 0.6) is 5.75 Å². The molecule has 4 heteroatoms. The summed E-state index contributed by atoms with van der Waals surface area (Å²) in [6.07, 6.45) is 3.55. The third kappa shape index (κ3) is 5.67. The fraction of sp³-hybridized carbons (Fsp3) is 0.611. The zero-order chi connectivity index (χ0) is 15.6. The van der Waals surface area contributed by atoms with Crippen molar-refractivity contribution in [1.29, 1.82) is 5.26 Å². The van der Waals surface area contributed by atoms with E-state index in [1.165, 1.54) is 45.6 Å². The molecule has 0 saturated carbocycles. The van der Waals surface area contributed by atoms with Gasteiger partial charge in [-0.15, -0.1) is 0 Å². The molecule has 0 bridgehead atoms. The standard InChI is InChI=1S/C18H27N3O/c1-2-8-20-9-4-10-21(13-12-20)11-5-14-22-18-7-3-6-17(15-18)16-19/h3,6-7,15H,2,4-5,8-14H2,1H3. The number of nitrogens with zero attached hydrogens (tertiary/aromatic N) is 3. The minimum atomic E-state index is 0.654. The molecule has 120 valence electrons. The van der Waals surface area contributed by atoms with Crippen molar-refractivity contribution < 1.29 is 4.74 Å². The molecule has 1 fully saturated rings. The molecule has 1 aromatic rings. The van der Waals surface area contributed by atoms with E-state index in [4.69, 9.17) is 10.00 Å². The molecule has 0 radical (unpaired) electrons. The minimum absolute atomic E-state index is 0.654. The quantitative estimate of drug-likeness (QED) is 0.726. The molecule has 0 amide bonds. The summed E-state index contributed by atoms with van der Waals surface area (Å²) < 4.78 is 5.74. The first-order valence-corrected chi connectivity index (χ1v) is 8.39.